The van der Waals surface area contributed by atoms with Gasteiger partial charge in [-0.1, -0.05) is 12.1 Å². The molecule has 2 aliphatic heterocycles. The second-order valence-electron chi connectivity index (χ2n) is 6.58. The Hall–Kier alpha value is -2.38. The van der Waals surface area contributed by atoms with Crippen molar-refractivity contribution >= 4 is 16.9 Å². The van der Waals surface area contributed by atoms with E-state index in [1.165, 1.54) is 7.11 Å². The Morgan fingerprint density at radius 1 is 1.19 bits per heavy atom. The van der Waals surface area contributed by atoms with Crippen LogP contribution in [0.3, 0.4) is 0 Å². The van der Waals surface area contributed by atoms with Gasteiger partial charge >= 0.3 is 5.63 Å². The molecule has 3 heterocycles. The van der Waals surface area contributed by atoms with Crippen LogP contribution in [0.25, 0.3) is 11.0 Å². The maximum absolute atomic E-state index is 12.8. The molecule has 2 aromatic rings. The summed E-state index contributed by atoms with van der Waals surface area (Å²) in [7, 11) is 1.51. The van der Waals surface area contributed by atoms with Gasteiger partial charge in [0.1, 0.15) is 5.56 Å². The predicted molar refractivity (Wildman–Crippen MR) is 93.4 cm³/mol. The van der Waals surface area contributed by atoms with E-state index in [4.69, 9.17) is 18.6 Å². The lowest BCUT2D eigenvalue weighted by Gasteiger charge is -2.43. The number of fused-ring (bicyclic) bond motifs is 1. The molecule has 0 saturated carbocycles. The molecule has 7 nitrogen and oxygen atoms in total. The van der Waals surface area contributed by atoms with Crippen LogP contribution in [0.4, 0.5) is 0 Å². The van der Waals surface area contributed by atoms with Crippen LogP contribution in [0, 0.1) is 0 Å². The number of nitrogens with zero attached hydrogens (tertiary/aromatic N) is 1. The molecule has 1 amide bonds. The highest BCUT2D eigenvalue weighted by molar-refractivity contribution is 5.97. The molecule has 0 atom stereocenters. The lowest BCUT2D eigenvalue weighted by atomic mass is 10.0. The third kappa shape index (κ3) is 2.97. The summed E-state index contributed by atoms with van der Waals surface area (Å²) in [4.78, 5) is 26.9. The van der Waals surface area contributed by atoms with Crippen LogP contribution < -0.4 is 10.4 Å². The molecule has 0 unspecified atom stereocenters. The van der Waals surface area contributed by atoms with Crippen molar-refractivity contribution in [3.63, 3.8) is 0 Å². The molecule has 1 aromatic heterocycles. The fraction of sp³-hybridized carbons (Fsp3) is 0.474. The largest absolute Gasteiger partial charge is 0.493 e. The number of methoxy groups -OCH3 is 1. The molecule has 2 fully saturated rings. The number of para-hydroxylation sites is 1. The maximum atomic E-state index is 12.8. The number of amides is 1. The monoisotopic (exact) mass is 359 g/mol. The quantitative estimate of drug-likeness (QED) is 0.765. The number of benzene rings is 1. The van der Waals surface area contributed by atoms with E-state index >= 15 is 0 Å². The van der Waals surface area contributed by atoms with E-state index in [0.29, 0.717) is 55.9 Å². The molecule has 2 aliphatic rings. The van der Waals surface area contributed by atoms with Gasteiger partial charge < -0.3 is 23.5 Å². The second-order valence-corrected chi connectivity index (χ2v) is 6.58. The van der Waals surface area contributed by atoms with Gasteiger partial charge in [0.2, 0.25) is 0 Å². The first-order valence-corrected chi connectivity index (χ1v) is 8.80. The van der Waals surface area contributed by atoms with Gasteiger partial charge in [0.25, 0.3) is 5.91 Å². The van der Waals surface area contributed by atoms with Crippen molar-refractivity contribution in [2.24, 2.45) is 0 Å². The van der Waals surface area contributed by atoms with Crippen LogP contribution in [0.2, 0.25) is 0 Å². The summed E-state index contributed by atoms with van der Waals surface area (Å²) in [6, 6.07) is 6.86. The van der Waals surface area contributed by atoms with Crippen molar-refractivity contribution in [1.29, 1.82) is 0 Å². The van der Waals surface area contributed by atoms with Gasteiger partial charge in [-0.2, -0.15) is 0 Å². The highest BCUT2D eigenvalue weighted by Gasteiger charge is 2.40. The summed E-state index contributed by atoms with van der Waals surface area (Å²) in [5, 5.41) is 0.653. The second kappa shape index (κ2) is 6.74. The van der Waals surface area contributed by atoms with Crippen LogP contribution in [0.15, 0.2) is 33.5 Å². The van der Waals surface area contributed by atoms with Gasteiger partial charge in [0.05, 0.1) is 20.3 Å². The van der Waals surface area contributed by atoms with E-state index in [1.54, 1.807) is 29.2 Å². The number of carbonyl (C=O) groups is 1. The van der Waals surface area contributed by atoms with Crippen LogP contribution in [-0.2, 0) is 9.47 Å². The molecule has 138 valence electrons. The molecular formula is C19H21NO6. The summed E-state index contributed by atoms with van der Waals surface area (Å²) in [6.45, 7) is 2.33. The number of hydrogen-bond acceptors (Lipinski definition) is 6. The normalized spacial score (nSPS) is 19.7. The van der Waals surface area contributed by atoms with Crippen molar-refractivity contribution in [1.82, 2.24) is 4.90 Å². The standard InChI is InChI=1S/C19H21NO6/c1-23-15-5-2-4-13-12-14(18(22)26-16(13)15)17(21)20-8-6-19(7-9-20)24-10-3-11-25-19/h2,4-5,12H,3,6-11H2,1H3. The molecule has 4 rings (SSSR count). The average molecular weight is 359 g/mol. The SMILES string of the molecule is COc1cccc2cc(C(=O)N3CCC4(CC3)OCCCO4)c(=O)oc12. The van der Waals surface area contributed by atoms with Crippen LogP contribution in [-0.4, -0.2) is 50.0 Å². The van der Waals surface area contributed by atoms with Crippen LogP contribution in [0.5, 0.6) is 5.75 Å². The Balaban J connectivity index is 1.57. The molecule has 1 spiro atoms. The fourth-order valence-corrected chi connectivity index (χ4v) is 3.55. The van der Waals surface area contributed by atoms with Gasteiger partial charge in [-0.05, 0) is 18.6 Å². The van der Waals surface area contributed by atoms with E-state index in [-0.39, 0.29) is 11.5 Å². The molecular weight excluding hydrogens is 338 g/mol. The number of ether oxygens (including phenoxy) is 3. The zero-order valence-corrected chi connectivity index (χ0v) is 14.7. The first kappa shape index (κ1) is 17.1. The topological polar surface area (TPSA) is 78.2 Å². The minimum absolute atomic E-state index is 0.0344. The first-order valence-electron chi connectivity index (χ1n) is 8.80. The molecule has 0 aliphatic carbocycles. The lowest BCUT2D eigenvalue weighted by molar-refractivity contribution is -0.281. The number of carbonyl (C=O) groups excluding carboxylic acids is 1. The molecule has 7 heteroatoms. The van der Waals surface area contributed by atoms with Crippen molar-refractivity contribution < 1.29 is 23.4 Å². The third-order valence-corrected chi connectivity index (χ3v) is 5.01. The summed E-state index contributed by atoms with van der Waals surface area (Å²) in [5.41, 5.74) is -0.275. The predicted octanol–water partition coefficient (Wildman–Crippen LogP) is 2.17. The minimum atomic E-state index is -0.655. The Kier molecular flexibility index (Phi) is 4.42. The fourth-order valence-electron chi connectivity index (χ4n) is 3.55. The van der Waals surface area contributed by atoms with Gasteiger partial charge in [0, 0.05) is 31.3 Å². The molecule has 2 saturated heterocycles. The highest BCUT2D eigenvalue weighted by Crippen LogP contribution is 2.31. The highest BCUT2D eigenvalue weighted by atomic mass is 16.7. The summed E-state index contributed by atoms with van der Waals surface area (Å²) in [6.07, 6.45) is 2.10. The Morgan fingerprint density at radius 2 is 1.92 bits per heavy atom. The summed E-state index contributed by atoms with van der Waals surface area (Å²) < 4.78 is 22.2. The first-order chi connectivity index (χ1) is 12.6. The number of rotatable bonds is 2. The Labute approximate surface area is 150 Å². The van der Waals surface area contributed by atoms with Gasteiger partial charge in [-0.3, -0.25) is 4.79 Å². The number of likely N-dealkylation sites (tertiary alicyclic amines) is 1. The van der Waals surface area contributed by atoms with Gasteiger partial charge in [0.15, 0.2) is 17.1 Å². The minimum Gasteiger partial charge on any atom is -0.493 e. The molecule has 0 N–H and O–H groups in total. The van der Waals surface area contributed by atoms with Crippen molar-refractivity contribution in [2.75, 3.05) is 33.4 Å². The lowest BCUT2D eigenvalue weighted by Crippen LogP contribution is -2.51. The van der Waals surface area contributed by atoms with Crippen LogP contribution in [0.1, 0.15) is 29.6 Å². The molecule has 26 heavy (non-hydrogen) atoms. The average Bonchev–Trinajstić information content (AvgIpc) is 2.68. The Morgan fingerprint density at radius 3 is 2.62 bits per heavy atom. The summed E-state index contributed by atoms with van der Waals surface area (Å²) in [5.74, 6) is -0.435. The molecule has 0 radical (unpaired) electrons. The number of piperidine rings is 1. The van der Waals surface area contributed by atoms with Crippen LogP contribution >= 0.6 is 0 Å². The van der Waals surface area contributed by atoms with Crippen molar-refractivity contribution in [3.8, 4) is 5.75 Å². The zero-order chi connectivity index (χ0) is 18.1. The van der Waals surface area contributed by atoms with Crippen molar-refractivity contribution in [3.05, 3.63) is 40.2 Å². The number of hydrogen-bond donors (Lipinski definition) is 0. The summed E-state index contributed by atoms with van der Waals surface area (Å²) >= 11 is 0. The Bertz CT molecular complexity index is 873. The van der Waals surface area contributed by atoms with Gasteiger partial charge in [-0.15, -0.1) is 0 Å². The zero-order valence-electron chi connectivity index (χ0n) is 14.7. The smallest absolute Gasteiger partial charge is 0.349 e. The maximum Gasteiger partial charge on any atom is 0.349 e. The third-order valence-electron chi connectivity index (χ3n) is 5.01. The van der Waals surface area contributed by atoms with Crippen molar-refractivity contribution in [2.45, 2.75) is 25.0 Å². The van der Waals surface area contributed by atoms with E-state index in [1.807, 2.05) is 0 Å². The van der Waals surface area contributed by atoms with E-state index in [2.05, 4.69) is 0 Å². The molecule has 1 aromatic carbocycles. The molecule has 0 bridgehead atoms. The van der Waals surface area contributed by atoms with E-state index in [9.17, 15) is 9.59 Å². The van der Waals surface area contributed by atoms with Gasteiger partial charge in [-0.25, -0.2) is 4.79 Å². The van der Waals surface area contributed by atoms with E-state index < -0.39 is 11.4 Å². The van der Waals surface area contributed by atoms with E-state index in [0.717, 1.165) is 6.42 Å².